The lowest BCUT2D eigenvalue weighted by Crippen LogP contribution is -2.40. The summed E-state index contributed by atoms with van der Waals surface area (Å²) in [7, 11) is 1.60. The first-order chi connectivity index (χ1) is 13.2. The number of para-hydroxylation sites is 2. The van der Waals surface area contributed by atoms with Crippen molar-refractivity contribution < 1.29 is 9.53 Å². The average molecular weight is 363 g/mol. The number of amides is 1. The van der Waals surface area contributed by atoms with Crippen LogP contribution in [0.3, 0.4) is 0 Å². The monoisotopic (exact) mass is 363 g/mol. The minimum absolute atomic E-state index is 0.0118. The van der Waals surface area contributed by atoms with Gasteiger partial charge in [0.1, 0.15) is 11.3 Å². The topological polar surface area (TPSA) is 80.2 Å². The number of nitrogens with one attached hydrogen (secondary N) is 1. The SMILES string of the molecule is COc1ccccc1NC(=O)[C@@H]1CCCN(c2cnc3nccnc3c2)C1. The van der Waals surface area contributed by atoms with Gasteiger partial charge in [0.2, 0.25) is 5.91 Å². The Morgan fingerprint density at radius 2 is 2.07 bits per heavy atom. The molecule has 1 aliphatic heterocycles. The van der Waals surface area contributed by atoms with E-state index in [1.165, 1.54) is 0 Å². The van der Waals surface area contributed by atoms with Gasteiger partial charge in [0.15, 0.2) is 5.65 Å². The molecule has 27 heavy (non-hydrogen) atoms. The molecule has 4 rings (SSSR count). The van der Waals surface area contributed by atoms with Gasteiger partial charge in [-0.2, -0.15) is 0 Å². The van der Waals surface area contributed by atoms with Crippen molar-refractivity contribution >= 4 is 28.4 Å². The van der Waals surface area contributed by atoms with Crippen LogP contribution in [0.2, 0.25) is 0 Å². The minimum atomic E-state index is -0.0961. The minimum Gasteiger partial charge on any atom is -0.495 e. The van der Waals surface area contributed by atoms with E-state index in [0.717, 1.165) is 30.6 Å². The predicted molar refractivity (Wildman–Crippen MR) is 104 cm³/mol. The number of methoxy groups -OCH3 is 1. The summed E-state index contributed by atoms with van der Waals surface area (Å²) >= 11 is 0. The maximum absolute atomic E-state index is 12.8. The van der Waals surface area contributed by atoms with Crippen molar-refractivity contribution in [2.75, 3.05) is 30.4 Å². The molecular weight excluding hydrogens is 342 g/mol. The van der Waals surface area contributed by atoms with Gasteiger partial charge in [-0.05, 0) is 31.0 Å². The fourth-order valence-corrected chi connectivity index (χ4v) is 3.43. The molecule has 7 nitrogen and oxygen atoms in total. The summed E-state index contributed by atoms with van der Waals surface area (Å²) in [4.78, 5) is 27.9. The van der Waals surface area contributed by atoms with Crippen LogP contribution in [-0.4, -0.2) is 41.1 Å². The van der Waals surface area contributed by atoms with Gasteiger partial charge >= 0.3 is 0 Å². The number of carbonyl (C=O) groups is 1. The predicted octanol–water partition coefficient (Wildman–Crippen LogP) is 2.89. The number of piperidine rings is 1. The van der Waals surface area contributed by atoms with E-state index in [-0.39, 0.29) is 11.8 Å². The quantitative estimate of drug-likeness (QED) is 0.768. The molecule has 1 amide bonds. The summed E-state index contributed by atoms with van der Waals surface area (Å²) in [5.41, 5.74) is 3.06. The number of anilines is 2. The molecule has 1 saturated heterocycles. The molecule has 7 heteroatoms. The molecule has 1 fully saturated rings. The zero-order valence-electron chi connectivity index (χ0n) is 15.1. The highest BCUT2D eigenvalue weighted by molar-refractivity contribution is 5.94. The van der Waals surface area contributed by atoms with E-state index in [9.17, 15) is 4.79 Å². The maximum Gasteiger partial charge on any atom is 0.229 e. The summed E-state index contributed by atoms with van der Waals surface area (Å²) < 4.78 is 5.32. The summed E-state index contributed by atoms with van der Waals surface area (Å²) in [6.45, 7) is 1.54. The first kappa shape index (κ1) is 17.2. The van der Waals surface area contributed by atoms with Crippen LogP contribution in [0.4, 0.5) is 11.4 Å². The zero-order chi connectivity index (χ0) is 18.6. The van der Waals surface area contributed by atoms with E-state index in [2.05, 4.69) is 25.2 Å². The van der Waals surface area contributed by atoms with Crippen molar-refractivity contribution in [3.8, 4) is 5.75 Å². The third-order valence-electron chi connectivity index (χ3n) is 4.83. The molecule has 0 radical (unpaired) electrons. The summed E-state index contributed by atoms with van der Waals surface area (Å²) in [5, 5.41) is 3.00. The smallest absolute Gasteiger partial charge is 0.229 e. The lowest BCUT2D eigenvalue weighted by molar-refractivity contribution is -0.120. The highest BCUT2D eigenvalue weighted by atomic mass is 16.5. The molecule has 1 aromatic carbocycles. The Hall–Kier alpha value is -3.22. The Morgan fingerprint density at radius 3 is 2.96 bits per heavy atom. The van der Waals surface area contributed by atoms with Crippen LogP contribution < -0.4 is 15.0 Å². The van der Waals surface area contributed by atoms with Gasteiger partial charge in [-0.1, -0.05) is 12.1 Å². The van der Waals surface area contributed by atoms with Gasteiger partial charge in [-0.3, -0.25) is 9.78 Å². The number of nitrogens with zero attached hydrogens (tertiary/aromatic N) is 4. The Morgan fingerprint density at radius 1 is 1.22 bits per heavy atom. The molecule has 1 aliphatic rings. The number of pyridine rings is 1. The molecule has 0 unspecified atom stereocenters. The van der Waals surface area contributed by atoms with E-state index in [4.69, 9.17) is 4.74 Å². The zero-order valence-corrected chi connectivity index (χ0v) is 15.1. The molecule has 0 spiro atoms. The highest BCUT2D eigenvalue weighted by Gasteiger charge is 2.27. The number of ether oxygens (including phenoxy) is 1. The second-order valence-corrected chi connectivity index (χ2v) is 6.57. The summed E-state index contributed by atoms with van der Waals surface area (Å²) in [5.74, 6) is 0.578. The number of aromatic nitrogens is 3. The molecule has 1 N–H and O–H groups in total. The number of hydrogen-bond donors (Lipinski definition) is 1. The van der Waals surface area contributed by atoms with Crippen LogP contribution in [0.1, 0.15) is 12.8 Å². The van der Waals surface area contributed by atoms with Gasteiger partial charge in [-0.25, -0.2) is 9.97 Å². The van der Waals surface area contributed by atoms with Gasteiger partial charge in [0.25, 0.3) is 0 Å². The molecule has 3 aromatic rings. The van der Waals surface area contributed by atoms with Crippen molar-refractivity contribution in [3.05, 3.63) is 48.9 Å². The number of benzene rings is 1. The van der Waals surface area contributed by atoms with Gasteiger partial charge in [-0.15, -0.1) is 0 Å². The fraction of sp³-hybridized carbons (Fsp3) is 0.300. The third kappa shape index (κ3) is 3.67. The van der Waals surface area contributed by atoms with Crippen LogP contribution in [0.25, 0.3) is 11.2 Å². The fourth-order valence-electron chi connectivity index (χ4n) is 3.43. The Balaban J connectivity index is 1.49. The number of fused-ring (bicyclic) bond motifs is 1. The second kappa shape index (κ2) is 7.57. The molecule has 138 valence electrons. The molecule has 0 bridgehead atoms. The van der Waals surface area contributed by atoms with Crippen molar-refractivity contribution in [3.63, 3.8) is 0 Å². The lowest BCUT2D eigenvalue weighted by Gasteiger charge is -2.33. The van der Waals surface area contributed by atoms with Crippen LogP contribution >= 0.6 is 0 Å². The van der Waals surface area contributed by atoms with E-state index in [0.29, 0.717) is 23.6 Å². The number of hydrogen-bond acceptors (Lipinski definition) is 6. The molecule has 1 atom stereocenters. The molecule has 0 saturated carbocycles. The summed E-state index contributed by atoms with van der Waals surface area (Å²) in [6.07, 6.45) is 6.90. The Bertz CT molecular complexity index is 962. The van der Waals surface area contributed by atoms with E-state index >= 15 is 0 Å². The van der Waals surface area contributed by atoms with Crippen molar-refractivity contribution in [2.24, 2.45) is 5.92 Å². The first-order valence-corrected chi connectivity index (χ1v) is 9.00. The van der Waals surface area contributed by atoms with Gasteiger partial charge < -0.3 is 15.0 Å². The lowest BCUT2D eigenvalue weighted by atomic mass is 9.96. The highest BCUT2D eigenvalue weighted by Crippen LogP contribution is 2.27. The molecule has 3 heterocycles. The molecule has 0 aliphatic carbocycles. The number of rotatable bonds is 4. The molecule has 2 aromatic heterocycles. The van der Waals surface area contributed by atoms with Crippen molar-refractivity contribution in [2.45, 2.75) is 12.8 Å². The van der Waals surface area contributed by atoms with Gasteiger partial charge in [0.05, 0.1) is 30.6 Å². The van der Waals surface area contributed by atoms with E-state index < -0.39 is 0 Å². The normalized spacial score (nSPS) is 16.9. The Kier molecular flexibility index (Phi) is 4.82. The summed E-state index contributed by atoms with van der Waals surface area (Å²) in [6, 6.07) is 9.43. The number of carbonyl (C=O) groups excluding carboxylic acids is 1. The molecular formula is C20H21N5O2. The van der Waals surface area contributed by atoms with Crippen LogP contribution in [0.5, 0.6) is 5.75 Å². The van der Waals surface area contributed by atoms with Crippen LogP contribution in [0.15, 0.2) is 48.9 Å². The Labute approximate surface area is 157 Å². The van der Waals surface area contributed by atoms with Crippen LogP contribution in [-0.2, 0) is 4.79 Å². The van der Waals surface area contributed by atoms with E-state index in [1.807, 2.05) is 30.3 Å². The standard InChI is InChI=1S/C20H21N5O2/c1-27-18-7-3-2-6-16(18)24-20(26)14-5-4-10-25(13-14)15-11-17-19(23-12-15)22-9-8-21-17/h2-3,6-9,11-12,14H,4-5,10,13H2,1H3,(H,24,26)/t14-/m1/s1. The average Bonchev–Trinajstić information content (AvgIpc) is 2.74. The maximum atomic E-state index is 12.8. The van der Waals surface area contributed by atoms with Crippen LogP contribution in [0, 0.1) is 5.92 Å². The second-order valence-electron chi connectivity index (χ2n) is 6.57. The van der Waals surface area contributed by atoms with Crippen molar-refractivity contribution in [1.29, 1.82) is 0 Å². The van der Waals surface area contributed by atoms with Crippen molar-refractivity contribution in [1.82, 2.24) is 15.0 Å². The first-order valence-electron chi connectivity index (χ1n) is 9.00. The largest absolute Gasteiger partial charge is 0.495 e. The van der Waals surface area contributed by atoms with Gasteiger partial charge in [0, 0.05) is 25.5 Å². The van der Waals surface area contributed by atoms with E-state index in [1.54, 1.807) is 25.7 Å². The third-order valence-corrected chi connectivity index (χ3v) is 4.83.